The van der Waals surface area contributed by atoms with Crippen LogP contribution >= 0.6 is 0 Å². The summed E-state index contributed by atoms with van der Waals surface area (Å²) in [4.78, 5) is 11.8. The van der Waals surface area contributed by atoms with Crippen LogP contribution in [0.3, 0.4) is 0 Å². The molecule has 3 aromatic rings. The van der Waals surface area contributed by atoms with E-state index in [4.69, 9.17) is 10.5 Å². The summed E-state index contributed by atoms with van der Waals surface area (Å²) in [6, 6.07) is 22.7. The van der Waals surface area contributed by atoms with Crippen molar-refractivity contribution in [2.45, 2.75) is 6.61 Å². The highest BCUT2D eigenvalue weighted by molar-refractivity contribution is 5.87. The van der Waals surface area contributed by atoms with Gasteiger partial charge in [0.15, 0.2) is 0 Å². The number of phenols is 1. The predicted molar refractivity (Wildman–Crippen MR) is 103 cm³/mol. The van der Waals surface area contributed by atoms with E-state index in [-0.39, 0.29) is 18.0 Å². The molecule has 0 heterocycles. The van der Waals surface area contributed by atoms with Gasteiger partial charge in [0.1, 0.15) is 12.4 Å². The third kappa shape index (κ3) is 4.51. The van der Waals surface area contributed by atoms with E-state index in [2.05, 4.69) is 12.1 Å². The molecule has 130 valence electrons. The second-order valence-corrected chi connectivity index (χ2v) is 5.82. The highest BCUT2D eigenvalue weighted by Gasteiger charge is 2.02. The van der Waals surface area contributed by atoms with Crippen LogP contribution in [0.25, 0.3) is 17.2 Å². The predicted octanol–water partition coefficient (Wildman–Crippen LogP) is 4.40. The van der Waals surface area contributed by atoms with Crippen LogP contribution in [0.5, 0.6) is 5.75 Å². The lowest BCUT2D eigenvalue weighted by atomic mass is 10.0. The zero-order valence-electron chi connectivity index (χ0n) is 14.1. The normalized spacial score (nSPS) is 10.8. The zero-order chi connectivity index (χ0) is 18.4. The molecule has 3 rings (SSSR count). The Bertz CT molecular complexity index is 916. The molecule has 0 unspecified atom stereocenters. The molecule has 0 amide bonds. The number of carbonyl (C=O) groups is 1. The number of phenolic OH excluding ortho intramolecular Hbond substituents is 1. The van der Waals surface area contributed by atoms with Gasteiger partial charge in [0.2, 0.25) is 0 Å². The summed E-state index contributed by atoms with van der Waals surface area (Å²) in [5, 5.41) is 9.38. The Balaban J connectivity index is 1.55. The van der Waals surface area contributed by atoms with Crippen molar-refractivity contribution < 1.29 is 14.6 Å². The molecular weight excluding hydrogens is 326 g/mol. The molecular formula is C22H19NO3. The van der Waals surface area contributed by atoms with Gasteiger partial charge in [-0.15, -0.1) is 0 Å². The van der Waals surface area contributed by atoms with Crippen LogP contribution in [0.2, 0.25) is 0 Å². The minimum Gasteiger partial charge on any atom is -0.506 e. The van der Waals surface area contributed by atoms with Crippen molar-refractivity contribution in [1.29, 1.82) is 0 Å². The molecule has 0 saturated heterocycles. The Hall–Kier alpha value is -3.53. The van der Waals surface area contributed by atoms with Crippen molar-refractivity contribution >= 4 is 17.7 Å². The van der Waals surface area contributed by atoms with Gasteiger partial charge in [0, 0.05) is 6.08 Å². The Morgan fingerprint density at radius 1 is 0.962 bits per heavy atom. The van der Waals surface area contributed by atoms with Crippen molar-refractivity contribution in [3.8, 4) is 16.9 Å². The molecule has 0 aliphatic carbocycles. The summed E-state index contributed by atoms with van der Waals surface area (Å²) >= 11 is 0. The largest absolute Gasteiger partial charge is 0.506 e. The lowest BCUT2D eigenvalue weighted by molar-refractivity contribution is -0.138. The number of nitrogen functional groups attached to an aromatic ring is 1. The van der Waals surface area contributed by atoms with Crippen molar-refractivity contribution in [1.82, 2.24) is 0 Å². The standard InChI is InChI=1S/C22H19NO3/c23-20-14-16(8-12-21(20)24)9-13-22(25)26-15-17-6-10-19(11-7-17)18-4-2-1-3-5-18/h1-14,24H,15,23H2. The summed E-state index contributed by atoms with van der Waals surface area (Å²) in [7, 11) is 0. The van der Waals surface area contributed by atoms with E-state index in [1.165, 1.54) is 12.1 Å². The number of anilines is 1. The van der Waals surface area contributed by atoms with E-state index in [1.807, 2.05) is 42.5 Å². The maximum Gasteiger partial charge on any atom is 0.331 e. The fourth-order valence-electron chi connectivity index (χ4n) is 2.47. The molecule has 3 N–H and O–H groups in total. The van der Waals surface area contributed by atoms with Crippen molar-refractivity contribution in [3.63, 3.8) is 0 Å². The van der Waals surface area contributed by atoms with E-state index in [1.54, 1.807) is 18.2 Å². The van der Waals surface area contributed by atoms with Gasteiger partial charge in [-0.2, -0.15) is 0 Å². The minimum atomic E-state index is -0.441. The highest BCUT2D eigenvalue weighted by atomic mass is 16.5. The molecule has 0 aliphatic rings. The summed E-state index contributed by atoms with van der Waals surface area (Å²) in [5.41, 5.74) is 9.77. The van der Waals surface area contributed by atoms with Crippen molar-refractivity contribution in [3.05, 3.63) is 90.0 Å². The highest BCUT2D eigenvalue weighted by Crippen LogP contribution is 2.21. The molecule has 4 nitrogen and oxygen atoms in total. The van der Waals surface area contributed by atoms with Crippen LogP contribution in [0.1, 0.15) is 11.1 Å². The molecule has 0 bridgehead atoms. The fraction of sp³-hybridized carbons (Fsp3) is 0.0455. The maximum absolute atomic E-state index is 11.8. The fourth-order valence-corrected chi connectivity index (χ4v) is 2.47. The zero-order valence-corrected chi connectivity index (χ0v) is 14.1. The molecule has 0 atom stereocenters. The Labute approximate surface area is 152 Å². The first kappa shape index (κ1) is 17.3. The second-order valence-electron chi connectivity index (χ2n) is 5.82. The van der Waals surface area contributed by atoms with Crippen molar-refractivity contribution in [2.24, 2.45) is 0 Å². The van der Waals surface area contributed by atoms with Crippen LogP contribution < -0.4 is 5.73 Å². The first-order valence-corrected chi connectivity index (χ1v) is 8.19. The number of ether oxygens (including phenoxy) is 1. The SMILES string of the molecule is Nc1cc(C=CC(=O)OCc2ccc(-c3ccccc3)cc2)ccc1O. The summed E-state index contributed by atoms with van der Waals surface area (Å²) in [5.74, 6) is -0.424. The first-order valence-electron chi connectivity index (χ1n) is 8.19. The third-order valence-corrected chi connectivity index (χ3v) is 3.91. The lowest BCUT2D eigenvalue weighted by Crippen LogP contribution is -2.00. The number of hydrogen-bond donors (Lipinski definition) is 2. The topological polar surface area (TPSA) is 72.6 Å². The van der Waals surface area contributed by atoms with Gasteiger partial charge in [-0.1, -0.05) is 60.7 Å². The van der Waals surface area contributed by atoms with Crippen LogP contribution in [-0.4, -0.2) is 11.1 Å². The van der Waals surface area contributed by atoms with Gasteiger partial charge in [0.05, 0.1) is 5.69 Å². The average Bonchev–Trinajstić information content (AvgIpc) is 2.68. The number of aromatic hydroxyl groups is 1. The maximum atomic E-state index is 11.8. The van der Waals surface area contributed by atoms with Crippen LogP contribution in [0.4, 0.5) is 5.69 Å². The molecule has 0 aliphatic heterocycles. The monoisotopic (exact) mass is 345 g/mol. The number of hydrogen-bond acceptors (Lipinski definition) is 4. The summed E-state index contributed by atoms with van der Waals surface area (Å²) in [6.45, 7) is 0.204. The summed E-state index contributed by atoms with van der Waals surface area (Å²) < 4.78 is 5.24. The molecule has 0 fully saturated rings. The van der Waals surface area contributed by atoms with E-state index < -0.39 is 5.97 Å². The van der Waals surface area contributed by atoms with Gasteiger partial charge in [-0.3, -0.25) is 0 Å². The van der Waals surface area contributed by atoms with Crippen LogP contribution in [0.15, 0.2) is 78.9 Å². The number of esters is 1. The number of nitrogens with two attached hydrogens (primary N) is 1. The lowest BCUT2D eigenvalue weighted by Gasteiger charge is -2.05. The molecule has 26 heavy (non-hydrogen) atoms. The second kappa shape index (κ2) is 8.03. The molecule has 0 spiro atoms. The van der Waals surface area contributed by atoms with E-state index in [0.717, 1.165) is 16.7 Å². The van der Waals surface area contributed by atoms with E-state index in [9.17, 15) is 9.90 Å². The van der Waals surface area contributed by atoms with E-state index >= 15 is 0 Å². The minimum absolute atomic E-state index is 0.0173. The van der Waals surface area contributed by atoms with E-state index in [0.29, 0.717) is 5.56 Å². The van der Waals surface area contributed by atoms with Crippen molar-refractivity contribution in [2.75, 3.05) is 5.73 Å². The van der Waals surface area contributed by atoms with Gasteiger partial charge in [-0.05, 0) is 40.5 Å². The van der Waals surface area contributed by atoms with Gasteiger partial charge in [0.25, 0.3) is 0 Å². The van der Waals surface area contributed by atoms with Crippen LogP contribution in [0, 0.1) is 0 Å². The average molecular weight is 345 g/mol. The molecule has 3 aromatic carbocycles. The van der Waals surface area contributed by atoms with Gasteiger partial charge in [-0.25, -0.2) is 4.79 Å². The smallest absolute Gasteiger partial charge is 0.331 e. The summed E-state index contributed by atoms with van der Waals surface area (Å²) in [6.07, 6.45) is 2.93. The number of carbonyl (C=O) groups excluding carboxylic acids is 1. The molecule has 0 saturated carbocycles. The number of rotatable bonds is 5. The Morgan fingerprint density at radius 3 is 2.35 bits per heavy atom. The van der Waals surface area contributed by atoms with Crippen LogP contribution in [-0.2, 0) is 16.1 Å². The quantitative estimate of drug-likeness (QED) is 0.311. The molecule has 4 heteroatoms. The third-order valence-electron chi connectivity index (χ3n) is 3.91. The first-order chi connectivity index (χ1) is 12.6. The number of benzene rings is 3. The Morgan fingerprint density at radius 2 is 1.65 bits per heavy atom. The van der Waals surface area contributed by atoms with Gasteiger partial charge >= 0.3 is 5.97 Å². The Kier molecular flexibility index (Phi) is 5.34. The molecule has 0 radical (unpaired) electrons. The van der Waals surface area contributed by atoms with Gasteiger partial charge < -0.3 is 15.6 Å². The molecule has 0 aromatic heterocycles.